The number of hydrogen-bond acceptors (Lipinski definition) is 3. The van der Waals surface area contributed by atoms with E-state index in [2.05, 4.69) is 37.9 Å². The SMILES string of the molecule is COC(=O)c1ccc2c3c(ccc2c1)N(C)CC3(C)C. The van der Waals surface area contributed by atoms with E-state index in [0.717, 1.165) is 11.9 Å². The van der Waals surface area contributed by atoms with Crippen molar-refractivity contribution in [1.82, 2.24) is 0 Å². The van der Waals surface area contributed by atoms with Crippen LogP contribution in [0.3, 0.4) is 0 Å². The minimum absolute atomic E-state index is 0.121. The number of anilines is 1. The van der Waals surface area contributed by atoms with Gasteiger partial charge in [0.25, 0.3) is 0 Å². The summed E-state index contributed by atoms with van der Waals surface area (Å²) in [4.78, 5) is 13.9. The van der Waals surface area contributed by atoms with E-state index in [4.69, 9.17) is 4.74 Å². The zero-order valence-corrected chi connectivity index (χ0v) is 12.4. The number of rotatable bonds is 1. The van der Waals surface area contributed by atoms with Crippen molar-refractivity contribution in [3.8, 4) is 0 Å². The maximum atomic E-state index is 11.6. The summed E-state index contributed by atoms with van der Waals surface area (Å²) in [7, 11) is 3.54. The normalized spacial score (nSPS) is 16.3. The first kappa shape index (κ1) is 13.0. The molecular formula is C17H19NO2. The number of nitrogens with zero attached hydrogens (tertiary/aromatic N) is 1. The van der Waals surface area contributed by atoms with Crippen LogP contribution in [0, 0.1) is 0 Å². The van der Waals surface area contributed by atoms with Crippen LogP contribution in [0.15, 0.2) is 30.3 Å². The van der Waals surface area contributed by atoms with Crippen LogP contribution in [-0.4, -0.2) is 26.7 Å². The minimum atomic E-state index is -0.288. The number of benzene rings is 2. The molecule has 3 nitrogen and oxygen atoms in total. The summed E-state index contributed by atoms with van der Waals surface area (Å²) in [6, 6.07) is 10.0. The van der Waals surface area contributed by atoms with E-state index in [-0.39, 0.29) is 11.4 Å². The van der Waals surface area contributed by atoms with E-state index in [1.807, 2.05) is 18.2 Å². The fourth-order valence-electron chi connectivity index (χ4n) is 3.35. The van der Waals surface area contributed by atoms with E-state index < -0.39 is 0 Å². The van der Waals surface area contributed by atoms with Crippen molar-refractivity contribution in [1.29, 1.82) is 0 Å². The Morgan fingerprint density at radius 2 is 2.00 bits per heavy atom. The van der Waals surface area contributed by atoms with Gasteiger partial charge in [-0.25, -0.2) is 4.79 Å². The number of esters is 1. The summed E-state index contributed by atoms with van der Waals surface area (Å²) in [6.07, 6.45) is 0. The fraction of sp³-hybridized carbons (Fsp3) is 0.353. The van der Waals surface area contributed by atoms with Gasteiger partial charge in [-0.2, -0.15) is 0 Å². The maximum Gasteiger partial charge on any atom is 0.337 e. The first-order valence-corrected chi connectivity index (χ1v) is 6.81. The predicted molar refractivity (Wildman–Crippen MR) is 81.6 cm³/mol. The Bertz CT molecular complexity index is 703. The largest absolute Gasteiger partial charge is 0.465 e. The molecule has 0 fully saturated rings. The van der Waals surface area contributed by atoms with Gasteiger partial charge in [0.2, 0.25) is 0 Å². The summed E-state index contributed by atoms with van der Waals surface area (Å²) in [6.45, 7) is 5.55. The molecule has 3 rings (SSSR count). The summed E-state index contributed by atoms with van der Waals surface area (Å²) in [5.74, 6) is -0.288. The van der Waals surface area contributed by atoms with Gasteiger partial charge in [0, 0.05) is 24.7 Å². The minimum Gasteiger partial charge on any atom is -0.465 e. The molecule has 0 spiro atoms. The lowest BCUT2D eigenvalue weighted by Gasteiger charge is -2.20. The highest BCUT2D eigenvalue weighted by molar-refractivity contribution is 5.99. The van der Waals surface area contributed by atoms with E-state index in [0.29, 0.717) is 5.56 Å². The van der Waals surface area contributed by atoms with Gasteiger partial charge in [-0.05, 0) is 34.5 Å². The Morgan fingerprint density at radius 3 is 2.70 bits per heavy atom. The van der Waals surface area contributed by atoms with Gasteiger partial charge < -0.3 is 9.64 Å². The monoisotopic (exact) mass is 269 g/mol. The second-order valence-electron chi connectivity index (χ2n) is 6.13. The van der Waals surface area contributed by atoms with E-state index in [1.165, 1.54) is 23.7 Å². The summed E-state index contributed by atoms with van der Waals surface area (Å²) in [5.41, 5.74) is 3.38. The van der Waals surface area contributed by atoms with Crippen molar-refractivity contribution in [2.75, 3.05) is 25.6 Å². The van der Waals surface area contributed by atoms with Crippen LogP contribution in [0.5, 0.6) is 0 Å². The third-order valence-corrected chi connectivity index (χ3v) is 4.14. The van der Waals surface area contributed by atoms with Gasteiger partial charge in [-0.3, -0.25) is 0 Å². The third kappa shape index (κ3) is 1.77. The first-order chi connectivity index (χ1) is 9.44. The zero-order chi connectivity index (χ0) is 14.5. The van der Waals surface area contributed by atoms with Crippen molar-refractivity contribution < 1.29 is 9.53 Å². The molecule has 2 aromatic rings. The predicted octanol–water partition coefficient (Wildman–Crippen LogP) is 3.35. The summed E-state index contributed by atoms with van der Waals surface area (Å²) in [5, 5.41) is 2.32. The number of likely N-dealkylation sites (N-methyl/N-ethyl adjacent to an activating group) is 1. The Balaban J connectivity index is 2.26. The molecule has 2 aromatic carbocycles. The van der Waals surface area contributed by atoms with Crippen molar-refractivity contribution in [2.45, 2.75) is 19.3 Å². The molecular weight excluding hydrogens is 250 g/mol. The second kappa shape index (κ2) is 4.23. The number of ether oxygens (including phenoxy) is 1. The lowest BCUT2D eigenvalue weighted by Crippen LogP contribution is -2.25. The van der Waals surface area contributed by atoms with Crippen LogP contribution in [-0.2, 0) is 10.2 Å². The Morgan fingerprint density at radius 1 is 1.25 bits per heavy atom. The number of carbonyl (C=O) groups is 1. The molecule has 0 amide bonds. The molecule has 1 aliphatic heterocycles. The molecule has 0 bridgehead atoms. The summed E-state index contributed by atoms with van der Waals surface area (Å²) >= 11 is 0. The second-order valence-corrected chi connectivity index (χ2v) is 6.13. The van der Waals surface area contributed by atoms with Gasteiger partial charge in [0.1, 0.15) is 0 Å². The standard InChI is InChI=1S/C17H19NO2/c1-17(2)10-18(3)14-8-6-11-9-12(16(19)20-4)5-7-13(11)15(14)17/h5-9H,10H2,1-4H3. The van der Waals surface area contributed by atoms with Crippen LogP contribution in [0.4, 0.5) is 5.69 Å². The average Bonchev–Trinajstić information content (AvgIpc) is 2.67. The molecule has 0 unspecified atom stereocenters. The fourth-order valence-corrected chi connectivity index (χ4v) is 3.35. The molecule has 3 heteroatoms. The molecule has 1 aliphatic rings. The number of fused-ring (bicyclic) bond motifs is 3. The highest BCUT2D eigenvalue weighted by Crippen LogP contribution is 2.43. The molecule has 0 saturated heterocycles. The molecule has 0 N–H and O–H groups in total. The quantitative estimate of drug-likeness (QED) is 0.743. The number of methoxy groups -OCH3 is 1. The van der Waals surface area contributed by atoms with Crippen LogP contribution in [0.2, 0.25) is 0 Å². The molecule has 104 valence electrons. The Labute approximate surface area is 119 Å². The summed E-state index contributed by atoms with van der Waals surface area (Å²) < 4.78 is 4.79. The average molecular weight is 269 g/mol. The third-order valence-electron chi connectivity index (χ3n) is 4.14. The number of carbonyl (C=O) groups excluding carboxylic acids is 1. The molecule has 20 heavy (non-hydrogen) atoms. The Kier molecular flexibility index (Phi) is 2.75. The van der Waals surface area contributed by atoms with E-state index in [9.17, 15) is 4.79 Å². The van der Waals surface area contributed by atoms with Gasteiger partial charge >= 0.3 is 5.97 Å². The molecule has 0 saturated carbocycles. The van der Waals surface area contributed by atoms with Gasteiger partial charge in [-0.15, -0.1) is 0 Å². The first-order valence-electron chi connectivity index (χ1n) is 6.81. The zero-order valence-electron chi connectivity index (χ0n) is 12.4. The number of hydrogen-bond donors (Lipinski definition) is 0. The van der Waals surface area contributed by atoms with E-state index in [1.54, 1.807) is 0 Å². The molecule has 0 radical (unpaired) electrons. The van der Waals surface area contributed by atoms with Crippen molar-refractivity contribution >= 4 is 22.4 Å². The van der Waals surface area contributed by atoms with Gasteiger partial charge in [0.15, 0.2) is 0 Å². The molecule has 0 aliphatic carbocycles. The smallest absolute Gasteiger partial charge is 0.337 e. The lowest BCUT2D eigenvalue weighted by atomic mass is 9.83. The van der Waals surface area contributed by atoms with Crippen molar-refractivity contribution in [2.24, 2.45) is 0 Å². The van der Waals surface area contributed by atoms with Crippen LogP contribution < -0.4 is 4.90 Å². The molecule has 1 heterocycles. The Hall–Kier alpha value is -2.03. The highest BCUT2D eigenvalue weighted by Gasteiger charge is 2.34. The van der Waals surface area contributed by atoms with Crippen molar-refractivity contribution in [3.05, 3.63) is 41.5 Å². The topological polar surface area (TPSA) is 29.5 Å². The van der Waals surface area contributed by atoms with Crippen LogP contribution in [0.25, 0.3) is 10.8 Å². The molecule has 0 aromatic heterocycles. The van der Waals surface area contributed by atoms with Gasteiger partial charge in [-0.1, -0.05) is 26.0 Å². The van der Waals surface area contributed by atoms with E-state index >= 15 is 0 Å². The maximum absolute atomic E-state index is 11.6. The van der Waals surface area contributed by atoms with Crippen molar-refractivity contribution in [3.63, 3.8) is 0 Å². The highest BCUT2D eigenvalue weighted by atomic mass is 16.5. The van der Waals surface area contributed by atoms with Gasteiger partial charge in [0.05, 0.1) is 12.7 Å². The lowest BCUT2D eigenvalue weighted by molar-refractivity contribution is 0.0601. The van der Waals surface area contributed by atoms with Crippen LogP contribution >= 0.6 is 0 Å². The van der Waals surface area contributed by atoms with Crippen LogP contribution in [0.1, 0.15) is 29.8 Å². The molecule has 0 atom stereocenters.